The third-order valence-electron chi connectivity index (χ3n) is 4.24. The fraction of sp³-hybridized carbons (Fsp3) is 0.737. The normalized spacial score (nSPS) is 15.5. The van der Waals surface area contributed by atoms with Crippen molar-refractivity contribution < 1.29 is 9.47 Å². The molecule has 0 spiro atoms. The molecule has 7 heteroatoms. The number of hydrogen-bond donors (Lipinski definition) is 1. The Bertz CT molecular complexity index is 488. The first-order chi connectivity index (χ1) is 12.8. The fourth-order valence-electron chi connectivity index (χ4n) is 2.80. The van der Waals surface area contributed by atoms with Crippen LogP contribution in [0.5, 0.6) is 0 Å². The minimum absolute atomic E-state index is 0.640. The van der Waals surface area contributed by atoms with E-state index < -0.39 is 0 Å². The van der Waals surface area contributed by atoms with Crippen LogP contribution in [0, 0.1) is 0 Å². The Morgan fingerprint density at radius 2 is 1.88 bits per heavy atom. The molecule has 148 valence electrons. The van der Waals surface area contributed by atoms with Crippen LogP contribution >= 0.6 is 11.3 Å². The molecule has 0 amide bonds. The van der Waals surface area contributed by atoms with Crippen molar-refractivity contribution in [3.63, 3.8) is 0 Å². The minimum Gasteiger partial charge on any atom is -0.379 e. The number of aliphatic imine (C=N–C) groups is 1. The Hall–Kier alpha value is -1.31. The number of rotatable bonds is 11. The average Bonchev–Trinajstić information content (AvgIpc) is 3.21. The van der Waals surface area contributed by atoms with E-state index in [0.29, 0.717) is 26.4 Å². The van der Waals surface area contributed by atoms with E-state index in [1.54, 1.807) is 0 Å². The second-order valence-electron chi connectivity index (χ2n) is 6.24. The number of nitrogens with one attached hydrogen (secondary N) is 1. The highest BCUT2D eigenvalue weighted by Gasteiger charge is 2.20. The van der Waals surface area contributed by atoms with E-state index in [-0.39, 0.29) is 0 Å². The third-order valence-corrected chi connectivity index (χ3v) is 5.17. The highest BCUT2D eigenvalue weighted by Crippen LogP contribution is 2.22. The maximum atomic E-state index is 5.61. The molecule has 0 aliphatic carbocycles. The largest absolute Gasteiger partial charge is 0.379 e. The molecule has 0 atom stereocenters. The number of piperazine rings is 1. The highest BCUT2D eigenvalue weighted by atomic mass is 32.1. The molecule has 0 aromatic carbocycles. The van der Waals surface area contributed by atoms with E-state index in [2.05, 4.69) is 46.5 Å². The van der Waals surface area contributed by atoms with Gasteiger partial charge in [0.05, 0.1) is 31.4 Å². The van der Waals surface area contributed by atoms with E-state index in [1.807, 2.05) is 11.3 Å². The van der Waals surface area contributed by atoms with Crippen LogP contribution in [0.3, 0.4) is 0 Å². The lowest BCUT2D eigenvalue weighted by molar-refractivity contribution is 0.0497. The third kappa shape index (κ3) is 7.51. The topological polar surface area (TPSA) is 49.3 Å². The average molecular weight is 383 g/mol. The number of thiophene rings is 1. The molecule has 1 saturated heterocycles. The predicted molar refractivity (Wildman–Crippen MR) is 111 cm³/mol. The SMILES string of the molecule is CCCCOCCOCCN=C(NCC)N1CCN(c2cccs2)CC1. The van der Waals surface area contributed by atoms with Crippen LogP contribution < -0.4 is 10.2 Å². The Balaban J connectivity index is 1.65. The molecule has 2 rings (SSSR count). The van der Waals surface area contributed by atoms with Crippen molar-refractivity contribution in [2.45, 2.75) is 26.7 Å². The monoisotopic (exact) mass is 382 g/mol. The zero-order valence-corrected chi connectivity index (χ0v) is 17.1. The van der Waals surface area contributed by atoms with Crippen LogP contribution in [-0.2, 0) is 9.47 Å². The first kappa shape index (κ1) is 21.0. The number of ether oxygens (including phenoxy) is 2. The zero-order valence-electron chi connectivity index (χ0n) is 16.3. The van der Waals surface area contributed by atoms with Crippen LogP contribution in [0.15, 0.2) is 22.5 Å². The Kier molecular flexibility index (Phi) is 10.5. The quantitative estimate of drug-likeness (QED) is 0.362. The van der Waals surface area contributed by atoms with E-state index in [1.165, 1.54) is 11.4 Å². The van der Waals surface area contributed by atoms with Gasteiger partial charge in [0, 0.05) is 39.3 Å². The van der Waals surface area contributed by atoms with Crippen LogP contribution in [0.2, 0.25) is 0 Å². The summed E-state index contributed by atoms with van der Waals surface area (Å²) < 4.78 is 11.1. The number of anilines is 1. The summed E-state index contributed by atoms with van der Waals surface area (Å²) in [5, 5.41) is 6.91. The van der Waals surface area contributed by atoms with Gasteiger partial charge in [-0.25, -0.2) is 0 Å². The molecular weight excluding hydrogens is 348 g/mol. The summed E-state index contributed by atoms with van der Waals surface area (Å²) in [6.07, 6.45) is 2.29. The van der Waals surface area contributed by atoms with Crippen molar-refractivity contribution in [1.29, 1.82) is 0 Å². The highest BCUT2D eigenvalue weighted by molar-refractivity contribution is 7.14. The minimum atomic E-state index is 0.640. The van der Waals surface area contributed by atoms with Gasteiger partial charge in [-0.3, -0.25) is 4.99 Å². The molecule has 6 nitrogen and oxygen atoms in total. The Morgan fingerprint density at radius 1 is 1.12 bits per heavy atom. The molecule has 2 heterocycles. The summed E-state index contributed by atoms with van der Waals surface area (Å²) in [5.74, 6) is 1.00. The number of hydrogen-bond acceptors (Lipinski definition) is 5. The maximum absolute atomic E-state index is 5.61. The van der Waals surface area contributed by atoms with E-state index in [9.17, 15) is 0 Å². The molecule has 0 saturated carbocycles. The molecule has 0 bridgehead atoms. The summed E-state index contributed by atoms with van der Waals surface area (Å²) in [7, 11) is 0. The van der Waals surface area contributed by atoms with Crippen molar-refractivity contribution in [3.8, 4) is 0 Å². The van der Waals surface area contributed by atoms with Crippen LogP contribution in [0.25, 0.3) is 0 Å². The van der Waals surface area contributed by atoms with Gasteiger partial charge in [0.25, 0.3) is 0 Å². The molecule has 1 aliphatic heterocycles. The molecule has 26 heavy (non-hydrogen) atoms. The summed E-state index contributed by atoms with van der Waals surface area (Å²) >= 11 is 1.81. The molecule has 0 unspecified atom stereocenters. The van der Waals surface area contributed by atoms with Gasteiger partial charge in [-0.2, -0.15) is 0 Å². The van der Waals surface area contributed by atoms with Crippen molar-refractivity contribution in [3.05, 3.63) is 17.5 Å². The standard InChI is InChI=1S/C19H34N4O2S/c1-3-5-13-24-15-16-25-14-8-21-19(20-4-2)23-11-9-22(10-12-23)18-7-6-17-26-18/h6-7,17H,3-5,8-16H2,1-2H3,(H,20,21). The maximum Gasteiger partial charge on any atom is 0.194 e. The van der Waals surface area contributed by atoms with Gasteiger partial charge < -0.3 is 24.6 Å². The number of guanidine groups is 1. The lowest BCUT2D eigenvalue weighted by Gasteiger charge is -2.37. The van der Waals surface area contributed by atoms with E-state index in [0.717, 1.165) is 51.7 Å². The van der Waals surface area contributed by atoms with Gasteiger partial charge in [0.15, 0.2) is 5.96 Å². The molecular formula is C19H34N4O2S. The van der Waals surface area contributed by atoms with Crippen LogP contribution in [0.4, 0.5) is 5.00 Å². The molecule has 1 fully saturated rings. The van der Waals surface area contributed by atoms with Crippen molar-refractivity contribution in [2.24, 2.45) is 4.99 Å². The molecule has 1 aromatic heterocycles. The van der Waals surface area contributed by atoms with E-state index >= 15 is 0 Å². The van der Waals surface area contributed by atoms with Gasteiger partial charge in [0.2, 0.25) is 0 Å². The molecule has 1 aliphatic rings. The van der Waals surface area contributed by atoms with Gasteiger partial charge in [-0.1, -0.05) is 13.3 Å². The Labute approximate surface area is 162 Å². The zero-order chi connectivity index (χ0) is 18.5. The van der Waals surface area contributed by atoms with Gasteiger partial charge in [0.1, 0.15) is 0 Å². The summed E-state index contributed by atoms with van der Waals surface area (Å²) in [6, 6.07) is 4.32. The summed E-state index contributed by atoms with van der Waals surface area (Å²) in [6.45, 7) is 12.7. The lowest BCUT2D eigenvalue weighted by atomic mass is 10.3. The van der Waals surface area contributed by atoms with Crippen LogP contribution in [-0.4, -0.2) is 76.6 Å². The Morgan fingerprint density at radius 3 is 2.54 bits per heavy atom. The smallest absolute Gasteiger partial charge is 0.194 e. The van der Waals surface area contributed by atoms with Crippen LogP contribution in [0.1, 0.15) is 26.7 Å². The first-order valence-corrected chi connectivity index (χ1v) is 10.7. The summed E-state index contributed by atoms with van der Waals surface area (Å²) in [5.41, 5.74) is 0. The van der Waals surface area contributed by atoms with Crippen molar-refractivity contribution in [1.82, 2.24) is 10.2 Å². The number of unbranched alkanes of at least 4 members (excludes halogenated alkanes) is 1. The lowest BCUT2D eigenvalue weighted by Crippen LogP contribution is -2.52. The molecule has 1 N–H and O–H groups in total. The van der Waals surface area contributed by atoms with Gasteiger partial charge in [-0.15, -0.1) is 11.3 Å². The second-order valence-corrected chi connectivity index (χ2v) is 7.17. The second kappa shape index (κ2) is 12.9. The fourth-order valence-corrected chi connectivity index (χ4v) is 3.58. The molecule has 1 aromatic rings. The predicted octanol–water partition coefficient (Wildman–Crippen LogP) is 2.67. The number of nitrogens with zero attached hydrogens (tertiary/aromatic N) is 3. The van der Waals surface area contributed by atoms with Crippen molar-refractivity contribution in [2.75, 3.05) is 70.6 Å². The first-order valence-electron chi connectivity index (χ1n) is 9.82. The van der Waals surface area contributed by atoms with E-state index in [4.69, 9.17) is 14.5 Å². The van der Waals surface area contributed by atoms with Gasteiger partial charge >= 0.3 is 0 Å². The van der Waals surface area contributed by atoms with Gasteiger partial charge in [-0.05, 0) is 30.9 Å². The molecule has 0 radical (unpaired) electrons. The van der Waals surface area contributed by atoms with Crippen molar-refractivity contribution >= 4 is 22.3 Å². The summed E-state index contributed by atoms with van der Waals surface area (Å²) in [4.78, 5) is 9.52.